The van der Waals surface area contributed by atoms with Gasteiger partial charge < -0.3 is 17.2 Å². The van der Waals surface area contributed by atoms with Gasteiger partial charge in [-0.2, -0.15) is 0 Å². The van der Waals surface area contributed by atoms with Crippen LogP contribution < -0.4 is 17.2 Å². The van der Waals surface area contributed by atoms with E-state index in [-0.39, 0.29) is 0 Å². The van der Waals surface area contributed by atoms with Gasteiger partial charge in [0.2, 0.25) is 5.91 Å². The second-order valence-electron chi connectivity index (χ2n) is 1.01. The molecule has 0 aromatic rings. The summed E-state index contributed by atoms with van der Waals surface area (Å²) < 4.78 is 0. The largest absolute Gasteiger partial charge is 0.366 e. The Morgan fingerprint density at radius 1 is 1.22 bits per heavy atom. The molecule has 52 valence electrons. The van der Waals surface area contributed by atoms with E-state index in [4.69, 9.17) is 4.79 Å². The Labute approximate surface area is 52.5 Å². The predicted molar refractivity (Wildman–Crippen MR) is 33.2 cm³/mol. The molecule has 0 heterocycles. The molecule has 0 aliphatic heterocycles. The quantitative estimate of drug-likeness (QED) is 0.383. The number of hydrogen-bond donors (Lipinski definition) is 3. The highest BCUT2D eigenvalue weighted by atomic mass is 16.2. The number of rotatable bonds is 1. The fourth-order valence-electron chi connectivity index (χ4n) is 0. The number of primary amides is 3. The minimum absolute atomic E-state index is 0.481. The van der Waals surface area contributed by atoms with Crippen molar-refractivity contribution >= 4 is 11.9 Å². The van der Waals surface area contributed by atoms with Crippen LogP contribution in [0.5, 0.6) is 0 Å². The molecular formula is C4H9N3O2. The summed E-state index contributed by atoms with van der Waals surface area (Å²) in [4.78, 5) is 18.5. The molecule has 0 unspecified atom stereocenters. The molecule has 0 atom stereocenters. The highest BCUT2D eigenvalue weighted by Crippen LogP contribution is 1.48. The lowest BCUT2D eigenvalue weighted by Gasteiger charge is -1.65. The van der Waals surface area contributed by atoms with E-state index in [1.54, 1.807) is 0 Å². The van der Waals surface area contributed by atoms with Crippen LogP contribution >= 0.6 is 0 Å². The van der Waals surface area contributed by atoms with Crippen LogP contribution in [0.2, 0.25) is 0 Å². The third kappa shape index (κ3) is 564. The van der Waals surface area contributed by atoms with Crippen LogP contribution in [0.3, 0.4) is 0 Å². The van der Waals surface area contributed by atoms with Crippen molar-refractivity contribution in [3.05, 3.63) is 12.7 Å². The van der Waals surface area contributed by atoms with Crippen molar-refractivity contribution in [2.45, 2.75) is 0 Å². The molecule has 0 fully saturated rings. The Kier molecular flexibility index (Phi) is 7.53. The number of hydrogen-bond acceptors (Lipinski definition) is 2. The summed E-state index contributed by atoms with van der Waals surface area (Å²) in [7, 11) is 0. The van der Waals surface area contributed by atoms with Crippen molar-refractivity contribution in [3.8, 4) is 0 Å². The van der Waals surface area contributed by atoms with Crippen LogP contribution in [-0.2, 0) is 4.79 Å². The zero-order valence-electron chi connectivity index (χ0n) is 4.83. The van der Waals surface area contributed by atoms with Crippen LogP contribution in [-0.4, -0.2) is 11.9 Å². The first-order chi connectivity index (χ1) is 4.00. The van der Waals surface area contributed by atoms with Crippen molar-refractivity contribution in [3.63, 3.8) is 0 Å². The topological polar surface area (TPSA) is 112 Å². The standard InChI is InChI=1S/C3H5NO.CH4N2O/c1-2-3(4)5;2-1(3)4/h2H,1H2,(H2,4,5);(H4,2,3,4). The highest BCUT2D eigenvalue weighted by molar-refractivity contribution is 5.84. The molecule has 6 N–H and O–H groups in total. The van der Waals surface area contributed by atoms with E-state index >= 15 is 0 Å². The summed E-state index contributed by atoms with van der Waals surface area (Å²) >= 11 is 0. The average Bonchev–Trinajstić information content (AvgIpc) is 1.65. The van der Waals surface area contributed by atoms with Crippen molar-refractivity contribution in [1.29, 1.82) is 0 Å². The molecule has 3 amide bonds. The highest BCUT2D eigenvalue weighted by Gasteiger charge is 1.69. The second kappa shape index (κ2) is 6.48. The van der Waals surface area contributed by atoms with Crippen molar-refractivity contribution in [1.82, 2.24) is 0 Å². The molecule has 0 radical (unpaired) electrons. The van der Waals surface area contributed by atoms with Gasteiger partial charge in [-0.05, 0) is 6.08 Å². The lowest BCUT2D eigenvalue weighted by atomic mass is 10.6. The van der Waals surface area contributed by atoms with Gasteiger partial charge in [0.25, 0.3) is 0 Å². The van der Waals surface area contributed by atoms with Gasteiger partial charge in [-0.25, -0.2) is 4.79 Å². The zero-order valence-corrected chi connectivity index (χ0v) is 4.83. The van der Waals surface area contributed by atoms with E-state index < -0.39 is 11.9 Å². The molecule has 0 bridgehead atoms. The van der Waals surface area contributed by atoms with E-state index in [0.29, 0.717) is 0 Å². The summed E-state index contributed by atoms with van der Waals surface area (Å²) in [5.41, 5.74) is 13.0. The third-order valence-electron chi connectivity index (χ3n) is 0.201. The van der Waals surface area contributed by atoms with E-state index in [9.17, 15) is 4.79 Å². The molecular weight excluding hydrogens is 122 g/mol. The molecule has 0 aromatic carbocycles. The molecule has 0 saturated carbocycles. The van der Waals surface area contributed by atoms with Crippen LogP contribution in [0.1, 0.15) is 0 Å². The zero-order chi connectivity index (χ0) is 7.86. The maximum atomic E-state index is 9.47. The fraction of sp³-hybridized carbons (Fsp3) is 0. The molecule has 0 saturated heterocycles. The van der Waals surface area contributed by atoms with E-state index in [2.05, 4.69) is 23.8 Å². The molecule has 5 nitrogen and oxygen atoms in total. The summed E-state index contributed by atoms with van der Waals surface area (Å²) in [5, 5.41) is 0. The normalized spacial score (nSPS) is 6.22. The van der Waals surface area contributed by atoms with Crippen molar-refractivity contribution in [2.75, 3.05) is 0 Å². The van der Waals surface area contributed by atoms with Crippen molar-refractivity contribution < 1.29 is 9.59 Å². The van der Waals surface area contributed by atoms with Gasteiger partial charge in [0.15, 0.2) is 0 Å². The Bertz CT molecular complexity index is 117. The lowest BCUT2D eigenvalue weighted by molar-refractivity contribution is -0.113. The summed E-state index contributed by atoms with van der Waals surface area (Å²) in [6, 6.07) is -0.833. The summed E-state index contributed by atoms with van der Waals surface area (Å²) in [5.74, 6) is -0.481. The molecule has 0 aromatic heterocycles. The lowest BCUT2D eigenvalue weighted by Crippen LogP contribution is -2.18. The summed E-state index contributed by atoms with van der Waals surface area (Å²) in [6.07, 6.45) is 1.06. The Balaban J connectivity index is 0. The number of carbonyl (C=O) groups excluding carboxylic acids is 2. The minimum Gasteiger partial charge on any atom is -0.366 e. The van der Waals surface area contributed by atoms with E-state index in [1.807, 2.05) is 0 Å². The molecule has 0 aliphatic rings. The first kappa shape index (κ1) is 10.5. The Hall–Kier alpha value is -1.52. The maximum Gasteiger partial charge on any atom is 0.309 e. The molecule has 0 spiro atoms. The minimum atomic E-state index is -0.833. The number of nitrogens with two attached hydrogens (primary N) is 3. The Morgan fingerprint density at radius 2 is 1.33 bits per heavy atom. The van der Waals surface area contributed by atoms with E-state index in [0.717, 1.165) is 6.08 Å². The predicted octanol–water partition coefficient (Wildman–Crippen LogP) is -1.32. The monoisotopic (exact) mass is 131 g/mol. The maximum absolute atomic E-state index is 9.47. The Morgan fingerprint density at radius 3 is 1.33 bits per heavy atom. The van der Waals surface area contributed by atoms with Gasteiger partial charge in [-0.15, -0.1) is 0 Å². The van der Waals surface area contributed by atoms with Gasteiger partial charge in [-0.1, -0.05) is 6.58 Å². The smallest absolute Gasteiger partial charge is 0.309 e. The van der Waals surface area contributed by atoms with Gasteiger partial charge >= 0.3 is 6.03 Å². The second-order valence-corrected chi connectivity index (χ2v) is 1.01. The van der Waals surface area contributed by atoms with Gasteiger partial charge in [0, 0.05) is 0 Å². The first-order valence-electron chi connectivity index (χ1n) is 1.97. The third-order valence-corrected chi connectivity index (χ3v) is 0.201. The van der Waals surface area contributed by atoms with Gasteiger partial charge in [0.05, 0.1) is 0 Å². The molecule has 0 rings (SSSR count). The van der Waals surface area contributed by atoms with Crippen LogP contribution in [0.25, 0.3) is 0 Å². The van der Waals surface area contributed by atoms with Gasteiger partial charge in [0.1, 0.15) is 0 Å². The number of carbonyl (C=O) groups is 2. The molecule has 0 aliphatic carbocycles. The fourth-order valence-corrected chi connectivity index (χ4v) is 0. The van der Waals surface area contributed by atoms with Gasteiger partial charge in [-0.3, -0.25) is 4.79 Å². The SMILES string of the molecule is C=CC(N)=O.NC(N)=O. The van der Waals surface area contributed by atoms with Crippen LogP contribution in [0.4, 0.5) is 4.79 Å². The van der Waals surface area contributed by atoms with E-state index in [1.165, 1.54) is 0 Å². The van der Waals surface area contributed by atoms with Crippen LogP contribution in [0, 0.1) is 0 Å². The van der Waals surface area contributed by atoms with Crippen molar-refractivity contribution in [2.24, 2.45) is 17.2 Å². The first-order valence-corrected chi connectivity index (χ1v) is 1.97. The summed E-state index contributed by atoms with van der Waals surface area (Å²) in [6.45, 7) is 3.09. The average molecular weight is 131 g/mol. The van der Waals surface area contributed by atoms with Crippen LogP contribution in [0.15, 0.2) is 12.7 Å². The number of amides is 3. The number of urea groups is 1. The molecule has 9 heavy (non-hydrogen) atoms. The molecule has 5 heteroatoms.